The number of rotatable bonds is 26. The van der Waals surface area contributed by atoms with E-state index in [0.717, 1.165) is 137 Å². The van der Waals surface area contributed by atoms with Crippen molar-refractivity contribution in [1.82, 2.24) is 80.3 Å². The summed E-state index contributed by atoms with van der Waals surface area (Å²) in [6.07, 6.45) is 13.6. The first-order chi connectivity index (χ1) is 62.7. The molecule has 0 saturated carbocycles. The van der Waals surface area contributed by atoms with Gasteiger partial charge in [0.2, 0.25) is 0 Å². The molecule has 4 saturated heterocycles. The number of pyridine rings is 4. The predicted molar refractivity (Wildman–Crippen MR) is 541 cm³/mol. The maximum Gasteiger partial charge on any atom is 0.282 e. The molecular formula is C99H146N20O12S4. The minimum absolute atomic E-state index is 0.00812. The van der Waals surface area contributed by atoms with E-state index in [2.05, 4.69) is 160 Å². The summed E-state index contributed by atoms with van der Waals surface area (Å²) >= 11 is 4.78. The molecule has 12 heterocycles. The zero-order valence-corrected chi connectivity index (χ0v) is 87.8. The summed E-state index contributed by atoms with van der Waals surface area (Å²) in [4.78, 5) is 153. The number of carbonyl (C=O) groups excluding carboxylic acids is 8. The largest absolute Gasteiger partial charge is 0.394 e. The molecule has 8 aromatic heterocycles. The van der Waals surface area contributed by atoms with E-state index in [0.29, 0.717) is 68.0 Å². The molecule has 0 aliphatic carbocycles. The van der Waals surface area contributed by atoms with Crippen LogP contribution in [0.2, 0.25) is 0 Å². The number of aryl methyl sites for hydroxylation is 4. The first-order valence-electron chi connectivity index (χ1n) is 46.8. The third-order valence-electron chi connectivity index (χ3n) is 23.5. The van der Waals surface area contributed by atoms with Crippen molar-refractivity contribution >= 4 is 116 Å². The first kappa shape index (κ1) is 109. The fraction of sp³-hybridized carbons (Fsp3) is 0.596. The van der Waals surface area contributed by atoms with Gasteiger partial charge in [-0.2, -0.15) is 0 Å². The Morgan fingerprint density at radius 2 is 0.748 bits per heavy atom. The van der Waals surface area contributed by atoms with Crippen LogP contribution in [-0.4, -0.2) is 262 Å². The summed E-state index contributed by atoms with van der Waals surface area (Å²) in [6, 6.07) is 7.88. The highest BCUT2D eigenvalue weighted by Gasteiger charge is 2.39. The minimum atomic E-state index is -1.09. The molecule has 738 valence electrons. The number of nitrogens with zero attached hydrogens (tertiary/aromatic N) is 13. The Kier molecular flexibility index (Phi) is 36.2. The van der Waals surface area contributed by atoms with Crippen molar-refractivity contribution in [3.8, 4) is 41.8 Å². The van der Waals surface area contributed by atoms with E-state index >= 15 is 0 Å². The van der Waals surface area contributed by atoms with Crippen LogP contribution in [0.4, 0.5) is 23.3 Å². The lowest BCUT2D eigenvalue weighted by molar-refractivity contribution is 0.0367. The number of likely N-dealkylation sites (tertiary alicyclic amines) is 4. The van der Waals surface area contributed by atoms with Crippen molar-refractivity contribution in [3.05, 3.63) is 114 Å². The lowest BCUT2D eigenvalue weighted by Gasteiger charge is -2.26. The van der Waals surface area contributed by atoms with Gasteiger partial charge in [0.15, 0.2) is 20.0 Å². The molecule has 7 atom stereocenters. The van der Waals surface area contributed by atoms with Gasteiger partial charge in [-0.25, -0.2) is 39.9 Å². The van der Waals surface area contributed by atoms with Gasteiger partial charge in [-0.15, -0.1) is 45.3 Å². The van der Waals surface area contributed by atoms with Crippen LogP contribution in [0.5, 0.6) is 0 Å². The molecular weight excluding hydrogens is 1790 g/mol. The van der Waals surface area contributed by atoms with Crippen LogP contribution in [0, 0.1) is 39.0 Å². The summed E-state index contributed by atoms with van der Waals surface area (Å²) in [5.74, 6) is 1.22. The number of aromatic nitrogens is 8. The van der Waals surface area contributed by atoms with E-state index in [1.165, 1.54) is 38.9 Å². The second kappa shape index (κ2) is 45.0. The molecule has 4 aliphatic heterocycles. The molecule has 0 aromatic carbocycles. The third kappa shape index (κ3) is 29.7. The molecule has 0 bridgehead atoms. The lowest BCUT2D eigenvalue weighted by Crippen LogP contribution is -2.47. The van der Waals surface area contributed by atoms with Crippen molar-refractivity contribution in [1.29, 1.82) is 0 Å². The van der Waals surface area contributed by atoms with Gasteiger partial charge in [0.1, 0.15) is 46.0 Å². The van der Waals surface area contributed by atoms with Gasteiger partial charge in [-0.05, 0) is 268 Å². The van der Waals surface area contributed by atoms with Crippen LogP contribution in [0.25, 0.3) is 41.8 Å². The van der Waals surface area contributed by atoms with Crippen LogP contribution in [0.15, 0.2) is 49.1 Å². The highest BCUT2D eigenvalue weighted by atomic mass is 32.1. The maximum atomic E-state index is 13.5. The number of carbonyl (C=O) groups is 8. The van der Waals surface area contributed by atoms with Crippen LogP contribution < -0.4 is 37.2 Å². The van der Waals surface area contributed by atoms with Crippen LogP contribution in [0.1, 0.15) is 321 Å². The highest BCUT2D eigenvalue weighted by molar-refractivity contribution is 7.18. The molecule has 0 radical (unpaired) electrons. The van der Waals surface area contributed by atoms with Gasteiger partial charge in [0.25, 0.3) is 47.3 Å². The van der Waals surface area contributed by atoms with Crippen molar-refractivity contribution in [3.63, 3.8) is 0 Å². The number of amides is 8. The monoisotopic (exact) mass is 1940 g/mol. The summed E-state index contributed by atoms with van der Waals surface area (Å²) < 4.78 is 0. The van der Waals surface area contributed by atoms with Gasteiger partial charge in [0, 0.05) is 147 Å². The number of anilines is 4. The Morgan fingerprint density at radius 3 is 1.02 bits per heavy atom. The van der Waals surface area contributed by atoms with E-state index in [4.69, 9.17) is 5.11 Å². The van der Waals surface area contributed by atoms with Crippen molar-refractivity contribution in [2.45, 2.75) is 315 Å². The summed E-state index contributed by atoms with van der Waals surface area (Å²) in [5, 5.41) is 61.6. The van der Waals surface area contributed by atoms with Crippen molar-refractivity contribution in [2.75, 3.05) is 80.7 Å². The Labute approximate surface area is 813 Å². The number of hydrogen-bond donors (Lipinski definition) is 11. The Morgan fingerprint density at radius 1 is 0.452 bits per heavy atom. The zero-order chi connectivity index (χ0) is 100. The Balaban J connectivity index is 0.000000202. The second-order valence-corrected chi connectivity index (χ2v) is 46.2. The number of nitrogens with one attached hydrogen (secondary N) is 7. The number of hydrogen-bond acceptors (Lipinski definition) is 28. The minimum Gasteiger partial charge on any atom is -0.394 e. The molecule has 4 fully saturated rings. The molecule has 32 nitrogen and oxygen atoms in total. The lowest BCUT2D eigenvalue weighted by atomic mass is 9.97. The zero-order valence-electron chi connectivity index (χ0n) is 84.6. The van der Waals surface area contributed by atoms with Gasteiger partial charge in [-0.1, -0.05) is 34.6 Å². The fourth-order valence-electron chi connectivity index (χ4n) is 15.5. The van der Waals surface area contributed by atoms with Gasteiger partial charge >= 0.3 is 0 Å². The molecule has 4 aliphatic rings. The molecule has 11 N–H and O–H groups in total. The Hall–Kier alpha value is -10.1. The number of likely N-dealkylation sites (N-methyl/N-ethyl adjacent to an activating group) is 1. The summed E-state index contributed by atoms with van der Waals surface area (Å²) in [5.41, 5.74) is 5.67. The smallest absolute Gasteiger partial charge is 0.282 e. The standard InChI is InChI=1S/C26H39N5O3S.C25H37N5O3S.C25H37N5O2S.C23H33N5O4S/c1-15-12-19(28-14-25(4,5)6)27-13-18(15)21-20(24(33)31-11-9-10-16(31)2)30-23(35-21)22(32)29-17(3)26(7,8)34;1-15-12-18(28-24(3,4)5)26-13-17(15)20-19(22(31)30-11-9-10-16(30)2)27-21(34-20)23(32)29(8)14-25(6,7)33;1-14(2)17(5)27-22(31)23-28-20(24(32)30-11-9-10-16(30)4)21(33-23)18-13-26-19(12-15(18)3)29-25(6,7)8;1-13-9-17(27-23(3,4)5)24-11-16(13)19-18(22(32)28-8-6-7-14(28)2)26-21(33-19)20(31)25-10-15(30)12-29/h12-13,16-17,34H,9-11,14H2,1-8H3,(H,27,28)(H,29,32);12-13,16,33H,9-11,14H2,1-8H3,(H,26,28);12-14,16-17H,9-11H2,1-8H3,(H,26,29)(H,27,31);9,11,14-15,29-30H,6-8,10,12H2,1-5H3,(H,24,27)(H,25,31)/t16-,17-;16-;16-,17+;14-,15+/m0000/s1. The molecule has 0 spiro atoms. The topological polar surface area (TPSA) is 421 Å². The van der Waals surface area contributed by atoms with Gasteiger partial charge in [0.05, 0.1) is 49.5 Å². The molecule has 8 amide bonds. The van der Waals surface area contributed by atoms with Crippen molar-refractivity contribution in [2.24, 2.45) is 11.3 Å². The van der Waals surface area contributed by atoms with Crippen LogP contribution in [0.3, 0.4) is 0 Å². The maximum absolute atomic E-state index is 13.5. The van der Waals surface area contributed by atoms with Crippen LogP contribution >= 0.6 is 45.3 Å². The number of aliphatic hydroxyl groups excluding tert-OH is 2. The number of thiazole rings is 4. The van der Waals surface area contributed by atoms with Crippen molar-refractivity contribution < 1.29 is 58.8 Å². The van der Waals surface area contributed by atoms with Crippen LogP contribution in [-0.2, 0) is 0 Å². The number of aliphatic hydroxyl groups is 4. The van der Waals surface area contributed by atoms with E-state index < -0.39 is 41.8 Å². The normalized spacial score (nSPS) is 17.1. The molecule has 36 heteroatoms. The van der Waals surface area contributed by atoms with E-state index in [1.54, 1.807) is 71.4 Å². The average Bonchev–Trinajstić information content (AvgIpc) is 1.64. The van der Waals surface area contributed by atoms with E-state index in [-0.39, 0.29) is 127 Å². The summed E-state index contributed by atoms with van der Waals surface area (Å²) in [7, 11) is 1.63. The quantitative estimate of drug-likeness (QED) is 0.0240. The SMILES string of the molecule is Cc1cc(NC(C)(C)C)ncc1-c1sc(C(=O)N(C)CC(C)(C)O)nc1C(=O)N1CCC[C@@H]1C.Cc1cc(NC(C)(C)C)ncc1-c1sc(C(=O)NC[C@@H](O)CO)nc1C(=O)N1CCC[C@@H]1C.Cc1cc(NC(C)(C)C)ncc1-c1sc(C(=O)N[C@H](C)C(C)C)nc1C(=O)N1CCC[C@@H]1C.Cc1cc(NCC(C)(C)C)ncc1-c1sc(C(=O)N[C@@H](C)C(C)(C)O)nc1C(=O)N1CCC[C@@H]1C. The molecule has 0 unspecified atom stereocenters. The summed E-state index contributed by atoms with van der Waals surface area (Å²) in [6.45, 7) is 58.6. The molecule has 12 rings (SSSR count). The first-order valence-corrected chi connectivity index (χ1v) is 50.1. The molecule has 8 aromatic rings. The molecule has 135 heavy (non-hydrogen) atoms. The van der Waals surface area contributed by atoms with E-state index in [1.807, 2.05) is 115 Å². The second-order valence-electron chi connectivity index (χ2n) is 42.2. The van der Waals surface area contributed by atoms with Gasteiger partial charge in [-0.3, -0.25) is 38.4 Å². The van der Waals surface area contributed by atoms with E-state index in [9.17, 15) is 53.7 Å². The van der Waals surface area contributed by atoms with Gasteiger partial charge < -0.3 is 82.1 Å². The third-order valence-corrected chi connectivity index (χ3v) is 27.9. The fourth-order valence-corrected chi connectivity index (χ4v) is 19.7. The highest BCUT2D eigenvalue weighted by Crippen LogP contribution is 2.42. The predicted octanol–water partition coefficient (Wildman–Crippen LogP) is 16.2. The average molecular weight is 1940 g/mol. The Bertz CT molecular complexity index is 5530.